The second kappa shape index (κ2) is 4.49. The molecule has 0 fully saturated rings. The molecule has 2 rings (SSSR count). The van der Waals surface area contributed by atoms with Crippen LogP contribution in [0.1, 0.15) is 13.8 Å². The lowest BCUT2D eigenvalue weighted by atomic mass is 10.2. The molecule has 0 aliphatic heterocycles. The van der Waals surface area contributed by atoms with E-state index in [0.717, 1.165) is 11.3 Å². The lowest BCUT2D eigenvalue weighted by Crippen LogP contribution is -2.05. The smallest absolute Gasteiger partial charge is 0.284 e. The van der Waals surface area contributed by atoms with Crippen LogP contribution in [0, 0.1) is 4.84 Å². The molecule has 1 heterocycles. The Balaban J connectivity index is 2.32. The average molecular weight is 236 g/mol. The molecule has 0 saturated carbocycles. The predicted octanol–water partition coefficient (Wildman–Crippen LogP) is 3.19. The van der Waals surface area contributed by atoms with Crippen molar-refractivity contribution >= 4 is 12.2 Å². The fourth-order valence-electron chi connectivity index (χ4n) is 1.33. The number of benzene rings is 1. The molecule has 5 heteroatoms. The van der Waals surface area contributed by atoms with Crippen molar-refractivity contribution in [3.63, 3.8) is 0 Å². The lowest BCUT2D eigenvalue weighted by molar-refractivity contribution is 0.242. The van der Waals surface area contributed by atoms with E-state index in [2.05, 4.69) is 10.2 Å². The van der Waals surface area contributed by atoms with Gasteiger partial charge in [-0.15, -0.1) is 5.10 Å². The van der Waals surface area contributed by atoms with Crippen LogP contribution in [-0.2, 0) is 0 Å². The van der Waals surface area contributed by atoms with Gasteiger partial charge in [0.25, 0.3) is 4.84 Å². The highest BCUT2D eigenvalue weighted by Gasteiger charge is 2.05. The van der Waals surface area contributed by atoms with E-state index in [9.17, 15) is 0 Å². The van der Waals surface area contributed by atoms with Crippen LogP contribution < -0.4 is 4.74 Å². The minimum absolute atomic E-state index is 0.140. The van der Waals surface area contributed by atoms with Crippen LogP contribution in [0.5, 0.6) is 5.75 Å². The summed E-state index contributed by atoms with van der Waals surface area (Å²) in [4.78, 5) is 0.269. The summed E-state index contributed by atoms with van der Waals surface area (Å²) in [5, 5.41) is 6.54. The Morgan fingerprint density at radius 1 is 1.44 bits per heavy atom. The first-order chi connectivity index (χ1) is 7.65. The molecule has 0 bridgehead atoms. The lowest BCUT2D eigenvalue weighted by Gasteiger charge is -2.09. The number of aromatic amines is 1. The Labute approximate surface area is 98.3 Å². The molecule has 4 nitrogen and oxygen atoms in total. The van der Waals surface area contributed by atoms with Crippen LogP contribution in [0.2, 0.25) is 0 Å². The van der Waals surface area contributed by atoms with Crippen molar-refractivity contribution in [3.8, 4) is 17.2 Å². The van der Waals surface area contributed by atoms with Crippen molar-refractivity contribution in [3.05, 3.63) is 29.1 Å². The molecule has 0 amide bonds. The van der Waals surface area contributed by atoms with Gasteiger partial charge in [-0.3, -0.25) is 0 Å². The highest BCUT2D eigenvalue weighted by Crippen LogP contribution is 2.22. The van der Waals surface area contributed by atoms with E-state index in [-0.39, 0.29) is 10.9 Å². The summed E-state index contributed by atoms with van der Waals surface area (Å²) in [5.74, 6) is 1.26. The fourth-order valence-corrected chi connectivity index (χ4v) is 1.45. The summed E-state index contributed by atoms with van der Waals surface area (Å²) in [5.41, 5.74) is 0.838. The minimum atomic E-state index is 0.140. The average Bonchev–Trinajstić information content (AvgIpc) is 2.64. The number of nitrogens with one attached hydrogen (secondary N) is 1. The number of hydrogen-bond donors (Lipinski definition) is 1. The van der Waals surface area contributed by atoms with Crippen LogP contribution >= 0.6 is 12.2 Å². The number of rotatable bonds is 3. The maximum Gasteiger partial charge on any atom is 0.284 e. The summed E-state index contributed by atoms with van der Waals surface area (Å²) in [6.07, 6.45) is 0.140. The highest BCUT2D eigenvalue weighted by molar-refractivity contribution is 7.71. The van der Waals surface area contributed by atoms with Gasteiger partial charge in [-0.25, -0.2) is 5.10 Å². The number of nitrogens with zero attached hydrogens (tertiary/aromatic N) is 1. The molecule has 0 radical (unpaired) electrons. The van der Waals surface area contributed by atoms with Crippen molar-refractivity contribution in [2.75, 3.05) is 0 Å². The van der Waals surface area contributed by atoms with Crippen LogP contribution in [0.25, 0.3) is 11.5 Å². The number of hydrogen-bond acceptors (Lipinski definition) is 4. The summed E-state index contributed by atoms with van der Waals surface area (Å²) >= 11 is 4.82. The topological polar surface area (TPSA) is 51.0 Å². The molecule has 0 unspecified atom stereocenters. The Hall–Kier alpha value is -1.62. The molecule has 0 spiro atoms. The molecular weight excluding hydrogens is 224 g/mol. The highest BCUT2D eigenvalue weighted by atomic mass is 32.1. The van der Waals surface area contributed by atoms with Gasteiger partial charge in [0.05, 0.1) is 6.10 Å². The quantitative estimate of drug-likeness (QED) is 0.831. The van der Waals surface area contributed by atoms with Gasteiger partial charge in [0, 0.05) is 5.56 Å². The van der Waals surface area contributed by atoms with Crippen LogP contribution in [0.15, 0.2) is 28.7 Å². The van der Waals surface area contributed by atoms with E-state index in [0.29, 0.717) is 5.89 Å². The number of ether oxygens (including phenoxy) is 1. The maximum atomic E-state index is 5.58. The standard InChI is InChI=1S/C11H12N2O2S/c1-7(2)14-9-5-3-4-8(6-9)10-12-13-11(16)15-10/h3-7H,1-2H3,(H,13,16). The summed E-state index contributed by atoms with van der Waals surface area (Å²) < 4.78 is 10.8. The van der Waals surface area contributed by atoms with Crippen molar-refractivity contribution in [2.45, 2.75) is 20.0 Å². The third-order valence-corrected chi connectivity index (χ3v) is 2.07. The van der Waals surface area contributed by atoms with E-state index in [1.165, 1.54) is 0 Å². The van der Waals surface area contributed by atoms with Crippen LogP contribution in [-0.4, -0.2) is 16.3 Å². The number of H-pyrrole nitrogens is 1. The van der Waals surface area contributed by atoms with Gasteiger partial charge in [-0.1, -0.05) is 6.07 Å². The third-order valence-electron chi connectivity index (χ3n) is 1.89. The largest absolute Gasteiger partial charge is 0.491 e. The van der Waals surface area contributed by atoms with Gasteiger partial charge in [0.1, 0.15) is 5.75 Å². The third kappa shape index (κ3) is 2.49. The Morgan fingerprint density at radius 2 is 2.25 bits per heavy atom. The van der Waals surface area contributed by atoms with Crippen molar-refractivity contribution in [2.24, 2.45) is 0 Å². The zero-order valence-corrected chi connectivity index (χ0v) is 9.88. The maximum absolute atomic E-state index is 5.58. The summed E-state index contributed by atoms with van der Waals surface area (Å²) in [6.45, 7) is 3.96. The van der Waals surface area contributed by atoms with Gasteiger partial charge in [-0.2, -0.15) is 0 Å². The van der Waals surface area contributed by atoms with E-state index in [4.69, 9.17) is 21.4 Å². The molecule has 0 aliphatic carbocycles. The first kappa shape index (κ1) is 10.9. The summed E-state index contributed by atoms with van der Waals surface area (Å²) in [7, 11) is 0. The molecule has 0 aliphatic rings. The zero-order valence-electron chi connectivity index (χ0n) is 9.06. The minimum Gasteiger partial charge on any atom is -0.491 e. The van der Waals surface area contributed by atoms with Gasteiger partial charge >= 0.3 is 0 Å². The van der Waals surface area contributed by atoms with Crippen LogP contribution in [0.4, 0.5) is 0 Å². The second-order valence-corrected chi connectivity index (χ2v) is 3.98. The van der Waals surface area contributed by atoms with Gasteiger partial charge < -0.3 is 9.15 Å². The van der Waals surface area contributed by atoms with Gasteiger partial charge in [0.15, 0.2) is 0 Å². The van der Waals surface area contributed by atoms with Crippen molar-refractivity contribution in [1.29, 1.82) is 0 Å². The molecule has 2 aromatic rings. The van der Waals surface area contributed by atoms with Crippen molar-refractivity contribution < 1.29 is 9.15 Å². The van der Waals surface area contributed by atoms with E-state index in [1.54, 1.807) is 0 Å². The first-order valence-corrected chi connectivity index (χ1v) is 5.38. The SMILES string of the molecule is CC(C)Oc1cccc(-c2n[nH]c(=S)o2)c1. The van der Waals surface area contributed by atoms with E-state index in [1.807, 2.05) is 38.1 Å². The molecule has 16 heavy (non-hydrogen) atoms. The van der Waals surface area contributed by atoms with E-state index < -0.39 is 0 Å². The Morgan fingerprint density at radius 3 is 2.88 bits per heavy atom. The molecule has 0 saturated heterocycles. The molecule has 0 atom stereocenters. The Kier molecular flexibility index (Phi) is 3.05. The number of aromatic nitrogens is 2. The summed E-state index contributed by atoms with van der Waals surface area (Å²) in [6, 6.07) is 7.54. The molecule has 1 aromatic carbocycles. The van der Waals surface area contributed by atoms with Gasteiger partial charge in [-0.05, 0) is 44.3 Å². The molecule has 1 N–H and O–H groups in total. The first-order valence-electron chi connectivity index (χ1n) is 4.98. The predicted molar refractivity (Wildman–Crippen MR) is 62.9 cm³/mol. The molecule has 1 aromatic heterocycles. The molecule has 84 valence electrons. The monoisotopic (exact) mass is 236 g/mol. The van der Waals surface area contributed by atoms with Crippen LogP contribution in [0.3, 0.4) is 0 Å². The van der Waals surface area contributed by atoms with Crippen molar-refractivity contribution in [1.82, 2.24) is 10.2 Å². The van der Waals surface area contributed by atoms with Gasteiger partial charge in [0.2, 0.25) is 5.89 Å². The molecular formula is C11H12N2O2S. The zero-order chi connectivity index (χ0) is 11.5. The normalized spacial score (nSPS) is 10.7. The fraction of sp³-hybridized carbons (Fsp3) is 0.273. The Bertz CT molecular complexity index is 531. The van der Waals surface area contributed by atoms with E-state index >= 15 is 0 Å². The second-order valence-electron chi connectivity index (χ2n) is 3.61.